The summed E-state index contributed by atoms with van der Waals surface area (Å²) in [5, 5.41) is 2.64. The van der Waals surface area contributed by atoms with Gasteiger partial charge in [0.15, 0.2) is 6.61 Å². The van der Waals surface area contributed by atoms with Crippen LogP contribution in [0.2, 0.25) is 0 Å². The number of carbonyl (C=O) groups excluding carboxylic acids is 2. The second-order valence-electron chi connectivity index (χ2n) is 6.25. The van der Waals surface area contributed by atoms with E-state index in [-0.39, 0.29) is 6.10 Å². The van der Waals surface area contributed by atoms with Crippen LogP contribution in [0.3, 0.4) is 0 Å². The van der Waals surface area contributed by atoms with Crippen molar-refractivity contribution in [2.45, 2.75) is 26.6 Å². The number of hydrogen-bond acceptors (Lipinski definition) is 6. The highest BCUT2D eigenvalue weighted by atomic mass is 16.5. The third kappa shape index (κ3) is 6.28. The normalized spacial score (nSPS) is 10.5. The molecule has 1 N–H and O–H groups in total. The van der Waals surface area contributed by atoms with Gasteiger partial charge in [0.2, 0.25) is 0 Å². The molecule has 0 aliphatic carbocycles. The van der Waals surface area contributed by atoms with Gasteiger partial charge < -0.3 is 24.3 Å². The molecule has 0 fully saturated rings. The van der Waals surface area contributed by atoms with E-state index in [0.717, 1.165) is 5.56 Å². The Balaban J connectivity index is 1.87. The lowest BCUT2D eigenvalue weighted by Crippen LogP contribution is -2.21. The maximum atomic E-state index is 12.1. The van der Waals surface area contributed by atoms with Crippen molar-refractivity contribution in [2.24, 2.45) is 0 Å². The molecule has 7 heteroatoms. The molecule has 0 radical (unpaired) electrons. The van der Waals surface area contributed by atoms with Gasteiger partial charge >= 0.3 is 5.97 Å². The highest BCUT2D eigenvalue weighted by Crippen LogP contribution is 2.28. The van der Waals surface area contributed by atoms with Crippen molar-refractivity contribution in [1.82, 2.24) is 0 Å². The van der Waals surface area contributed by atoms with E-state index in [1.54, 1.807) is 42.5 Å². The third-order valence-electron chi connectivity index (χ3n) is 3.79. The molecule has 0 spiro atoms. The molecule has 28 heavy (non-hydrogen) atoms. The minimum atomic E-state index is -0.576. The molecule has 0 aliphatic heterocycles. The van der Waals surface area contributed by atoms with Crippen molar-refractivity contribution >= 4 is 17.6 Å². The fourth-order valence-corrected chi connectivity index (χ4v) is 2.30. The molecule has 0 atom stereocenters. The molecule has 0 aliphatic rings. The zero-order valence-corrected chi connectivity index (χ0v) is 16.5. The van der Waals surface area contributed by atoms with Crippen molar-refractivity contribution in [3.63, 3.8) is 0 Å². The maximum Gasteiger partial charge on any atom is 0.338 e. The van der Waals surface area contributed by atoms with Gasteiger partial charge in [-0.1, -0.05) is 12.1 Å². The molecule has 2 aromatic rings. The standard InChI is InChI=1S/C21H25NO6/c1-14(2)27-12-15-5-7-16(8-6-15)21(24)28-13-20(23)22-18-10-9-17(25-3)11-19(18)26-4/h5-11,14H,12-13H2,1-4H3,(H,22,23). The first kappa shape index (κ1) is 21.2. The van der Waals surface area contributed by atoms with Gasteiger partial charge in [-0.15, -0.1) is 0 Å². The summed E-state index contributed by atoms with van der Waals surface area (Å²) in [5.74, 6) is -0.00584. The number of benzene rings is 2. The molecule has 7 nitrogen and oxygen atoms in total. The van der Waals surface area contributed by atoms with Crippen molar-refractivity contribution in [1.29, 1.82) is 0 Å². The van der Waals surface area contributed by atoms with E-state index in [9.17, 15) is 9.59 Å². The van der Waals surface area contributed by atoms with Gasteiger partial charge in [-0.25, -0.2) is 4.79 Å². The van der Waals surface area contributed by atoms with E-state index in [1.165, 1.54) is 14.2 Å². The number of nitrogens with one attached hydrogen (secondary N) is 1. The van der Waals surface area contributed by atoms with E-state index in [1.807, 2.05) is 13.8 Å². The van der Waals surface area contributed by atoms with Gasteiger partial charge in [-0.3, -0.25) is 4.79 Å². The molecule has 1 amide bonds. The minimum absolute atomic E-state index is 0.132. The van der Waals surface area contributed by atoms with Gasteiger partial charge in [0.05, 0.1) is 38.2 Å². The van der Waals surface area contributed by atoms with Crippen LogP contribution in [-0.2, 0) is 20.9 Å². The van der Waals surface area contributed by atoms with E-state index in [2.05, 4.69) is 5.32 Å². The zero-order chi connectivity index (χ0) is 20.5. The summed E-state index contributed by atoms with van der Waals surface area (Å²) < 4.78 is 20.9. The quantitative estimate of drug-likeness (QED) is 0.664. The Morgan fingerprint density at radius 2 is 1.71 bits per heavy atom. The average Bonchev–Trinajstić information content (AvgIpc) is 2.71. The van der Waals surface area contributed by atoms with Gasteiger partial charge in [0, 0.05) is 6.07 Å². The molecule has 0 aromatic heterocycles. The molecule has 150 valence electrons. The van der Waals surface area contributed by atoms with Crippen LogP contribution in [0, 0.1) is 0 Å². The molecule has 0 saturated carbocycles. The highest BCUT2D eigenvalue weighted by molar-refractivity contribution is 5.96. The van der Waals surface area contributed by atoms with Crippen molar-refractivity contribution in [2.75, 3.05) is 26.1 Å². The van der Waals surface area contributed by atoms with Crippen LogP contribution in [0.5, 0.6) is 11.5 Å². The minimum Gasteiger partial charge on any atom is -0.497 e. The van der Waals surface area contributed by atoms with E-state index in [4.69, 9.17) is 18.9 Å². The number of ether oxygens (including phenoxy) is 4. The molecular formula is C21H25NO6. The molecule has 0 bridgehead atoms. The van der Waals surface area contributed by atoms with Crippen LogP contribution in [0.25, 0.3) is 0 Å². The first-order valence-electron chi connectivity index (χ1n) is 8.82. The lowest BCUT2D eigenvalue weighted by molar-refractivity contribution is -0.119. The number of esters is 1. The predicted molar refractivity (Wildman–Crippen MR) is 105 cm³/mol. The van der Waals surface area contributed by atoms with Gasteiger partial charge in [-0.2, -0.15) is 0 Å². The Hall–Kier alpha value is -3.06. The predicted octanol–water partition coefficient (Wildman–Crippen LogP) is 3.42. The Morgan fingerprint density at radius 1 is 1.00 bits per heavy atom. The van der Waals surface area contributed by atoms with E-state index < -0.39 is 18.5 Å². The number of anilines is 1. The van der Waals surface area contributed by atoms with Gasteiger partial charge in [0.25, 0.3) is 5.91 Å². The van der Waals surface area contributed by atoms with Crippen LogP contribution in [0.4, 0.5) is 5.69 Å². The lowest BCUT2D eigenvalue weighted by Gasteiger charge is -2.12. The molecular weight excluding hydrogens is 362 g/mol. The summed E-state index contributed by atoms with van der Waals surface area (Å²) in [7, 11) is 3.02. The second kappa shape index (κ2) is 10.3. The number of carbonyl (C=O) groups is 2. The first-order valence-corrected chi connectivity index (χ1v) is 8.82. The summed E-state index contributed by atoms with van der Waals surface area (Å²) in [6, 6.07) is 11.9. The molecule has 2 aromatic carbocycles. The molecule has 2 rings (SSSR count). The Bertz CT molecular complexity index is 801. The van der Waals surface area contributed by atoms with Crippen molar-refractivity contribution < 1.29 is 28.5 Å². The summed E-state index contributed by atoms with van der Waals surface area (Å²) in [5.41, 5.74) is 1.77. The largest absolute Gasteiger partial charge is 0.497 e. The maximum absolute atomic E-state index is 12.1. The van der Waals surface area contributed by atoms with Crippen LogP contribution < -0.4 is 14.8 Å². The van der Waals surface area contributed by atoms with Crippen LogP contribution in [0.1, 0.15) is 29.8 Å². The van der Waals surface area contributed by atoms with Gasteiger partial charge in [0.1, 0.15) is 11.5 Å². The number of amides is 1. The zero-order valence-electron chi connectivity index (χ0n) is 16.5. The monoisotopic (exact) mass is 387 g/mol. The summed E-state index contributed by atoms with van der Waals surface area (Å²) in [6.07, 6.45) is 0.132. The molecule has 0 heterocycles. The van der Waals surface area contributed by atoms with Gasteiger partial charge in [-0.05, 0) is 43.7 Å². The summed E-state index contributed by atoms with van der Waals surface area (Å²) >= 11 is 0. The Morgan fingerprint density at radius 3 is 2.32 bits per heavy atom. The summed E-state index contributed by atoms with van der Waals surface area (Å²) in [6.45, 7) is 3.97. The smallest absolute Gasteiger partial charge is 0.338 e. The van der Waals surface area contributed by atoms with E-state index in [0.29, 0.717) is 29.4 Å². The van der Waals surface area contributed by atoms with E-state index >= 15 is 0 Å². The van der Waals surface area contributed by atoms with Crippen LogP contribution in [0.15, 0.2) is 42.5 Å². The summed E-state index contributed by atoms with van der Waals surface area (Å²) in [4.78, 5) is 24.2. The number of rotatable bonds is 9. The second-order valence-corrected chi connectivity index (χ2v) is 6.25. The average molecular weight is 387 g/mol. The Labute approximate surface area is 164 Å². The SMILES string of the molecule is COc1ccc(NC(=O)COC(=O)c2ccc(COC(C)C)cc2)c(OC)c1. The fraction of sp³-hybridized carbons (Fsp3) is 0.333. The third-order valence-corrected chi connectivity index (χ3v) is 3.79. The number of hydrogen-bond donors (Lipinski definition) is 1. The lowest BCUT2D eigenvalue weighted by atomic mass is 10.1. The Kier molecular flexibility index (Phi) is 7.83. The first-order chi connectivity index (χ1) is 13.4. The highest BCUT2D eigenvalue weighted by Gasteiger charge is 2.13. The number of methoxy groups -OCH3 is 2. The van der Waals surface area contributed by atoms with Crippen LogP contribution >= 0.6 is 0 Å². The fourth-order valence-electron chi connectivity index (χ4n) is 2.30. The topological polar surface area (TPSA) is 83.1 Å². The molecule has 0 saturated heterocycles. The molecule has 0 unspecified atom stereocenters. The van der Waals surface area contributed by atoms with Crippen LogP contribution in [-0.4, -0.2) is 38.8 Å². The van der Waals surface area contributed by atoms with Crippen molar-refractivity contribution in [3.8, 4) is 11.5 Å². The van der Waals surface area contributed by atoms with Crippen molar-refractivity contribution in [3.05, 3.63) is 53.6 Å².